The van der Waals surface area contributed by atoms with Crippen molar-refractivity contribution in [3.05, 3.63) is 66.1 Å². The zero-order valence-corrected chi connectivity index (χ0v) is 16.6. The molecule has 0 spiro atoms. The maximum absolute atomic E-state index is 13.1. The van der Waals surface area contributed by atoms with Crippen LogP contribution >= 0.6 is 0 Å². The number of piperazine rings is 1. The molecule has 0 radical (unpaired) electrons. The van der Waals surface area contributed by atoms with Crippen LogP contribution in [-0.2, 0) is 14.9 Å². The second-order valence-corrected chi connectivity index (χ2v) is 8.03. The molecule has 1 fully saturated rings. The van der Waals surface area contributed by atoms with Crippen LogP contribution in [0.5, 0.6) is 0 Å². The van der Waals surface area contributed by atoms with Crippen molar-refractivity contribution in [1.29, 1.82) is 5.26 Å². The van der Waals surface area contributed by atoms with Crippen LogP contribution in [0.3, 0.4) is 0 Å². The number of nitrogens with zero attached hydrogens (tertiary/aromatic N) is 3. The summed E-state index contributed by atoms with van der Waals surface area (Å²) in [6, 6.07) is 13.0. The average Bonchev–Trinajstić information content (AvgIpc) is 2.73. The number of nitriles is 1. The molecule has 0 aromatic heterocycles. The predicted molar refractivity (Wildman–Crippen MR) is 109 cm³/mol. The largest absolute Gasteiger partial charge is 0.373 e. The topological polar surface area (TPSA) is 114 Å². The predicted octanol–water partition coefficient (Wildman–Crippen LogP) is 2.24. The number of rotatable bonds is 5. The van der Waals surface area contributed by atoms with Crippen molar-refractivity contribution in [2.24, 2.45) is 0 Å². The van der Waals surface area contributed by atoms with E-state index in [9.17, 15) is 22.9 Å². The fraction of sp³-hybridized carbons (Fsp3) is 0.200. The maximum atomic E-state index is 13.1. The van der Waals surface area contributed by atoms with Gasteiger partial charge in [0.25, 0.3) is 16.0 Å². The van der Waals surface area contributed by atoms with E-state index in [0.29, 0.717) is 26.2 Å². The second-order valence-electron chi connectivity index (χ2n) is 6.61. The van der Waals surface area contributed by atoms with Gasteiger partial charge in [0.2, 0.25) is 0 Å². The Labute approximate surface area is 173 Å². The first kappa shape index (κ1) is 21.3. The molecule has 0 unspecified atom stereocenters. The Morgan fingerprint density at radius 3 is 2.20 bits per heavy atom. The molecule has 2 N–H and O–H groups in total. The van der Waals surface area contributed by atoms with E-state index in [1.54, 1.807) is 12.1 Å². The van der Waals surface area contributed by atoms with Crippen LogP contribution in [0.2, 0.25) is 0 Å². The minimum Gasteiger partial charge on any atom is -0.373 e. The van der Waals surface area contributed by atoms with Crippen LogP contribution in [-0.4, -0.2) is 50.0 Å². The van der Waals surface area contributed by atoms with E-state index in [0.717, 1.165) is 17.8 Å². The summed E-state index contributed by atoms with van der Waals surface area (Å²) in [7, 11) is -4.32. The van der Waals surface area contributed by atoms with Crippen molar-refractivity contribution in [2.75, 3.05) is 36.4 Å². The third kappa shape index (κ3) is 5.34. The SMILES string of the molecule is N#C/C(=C/N1CCN(c2ccc(F)cc2)CC1)C(=O)Nc1ccc(S(=O)(=O)O)cc1. The molecule has 1 heterocycles. The number of nitrogens with one attached hydrogen (secondary N) is 1. The smallest absolute Gasteiger partial charge is 0.294 e. The lowest BCUT2D eigenvalue weighted by Crippen LogP contribution is -2.44. The van der Waals surface area contributed by atoms with Gasteiger partial charge >= 0.3 is 0 Å². The number of amides is 1. The molecule has 2 aromatic carbocycles. The summed E-state index contributed by atoms with van der Waals surface area (Å²) in [4.78, 5) is 16.0. The molecule has 156 valence electrons. The Balaban J connectivity index is 1.61. The van der Waals surface area contributed by atoms with Gasteiger partial charge in [0.15, 0.2) is 0 Å². The molecule has 10 heteroatoms. The highest BCUT2D eigenvalue weighted by molar-refractivity contribution is 7.85. The molecule has 2 aromatic rings. The van der Waals surface area contributed by atoms with Crippen LogP contribution in [0.15, 0.2) is 65.2 Å². The molecule has 0 bridgehead atoms. The second kappa shape index (κ2) is 8.94. The molecular weight excluding hydrogens is 411 g/mol. The van der Waals surface area contributed by atoms with Gasteiger partial charge in [-0.1, -0.05) is 0 Å². The summed E-state index contributed by atoms with van der Waals surface area (Å²) in [5, 5.41) is 11.9. The maximum Gasteiger partial charge on any atom is 0.294 e. The van der Waals surface area contributed by atoms with Crippen LogP contribution in [0.25, 0.3) is 0 Å². The number of carbonyl (C=O) groups excluding carboxylic acids is 1. The van der Waals surface area contributed by atoms with Gasteiger partial charge < -0.3 is 15.1 Å². The summed E-state index contributed by atoms with van der Waals surface area (Å²) < 4.78 is 44.2. The normalized spacial score (nSPS) is 14.9. The average molecular weight is 430 g/mol. The molecular formula is C20H19FN4O4S. The standard InChI is InChI=1S/C20H19FN4O4S/c21-16-1-5-18(6-2-16)25-11-9-24(10-12-25)14-15(13-22)20(26)23-17-3-7-19(8-4-17)30(27,28)29/h1-8,14H,9-12H2,(H,23,26)(H,27,28,29)/b15-14-. The third-order valence-electron chi connectivity index (χ3n) is 4.59. The van der Waals surface area contributed by atoms with Crippen molar-refractivity contribution in [2.45, 2.75) is 4.90 Å². The molecule has 1 aliphatic heterocycles. The van der Waals surface area contributed by atoms with Crippen molar-refractivity contribution in [3.63, 3.8) is 0 Å². The zero-order chi connectivity index (χ0) is 21.7. The van der Waals surface area contributed by atoms with E-state index in [2.05, 4.69) is 10.2 Å². The van der Waals surface area contributed by atoms with E-state index >= 15 is 0 Å². The molecule has 0 saturated carbocycles. The molecule has 1 saturated heterocycles. The fourth-order valence-corrected chi connectivity index (χ4v) is 3.47. The summed E-state index contributed by atoms with van der Waals surface area (Å²) in [5.74, 6) is -0.921. The first-order valence-corrected chi connectivity index (χ1v) is 10.5. The van der Waals surface area contributed by atoms with E-state index in [-0.39, 0.29) is 22.0 Å². The molecule has 0 atom stereocenters. The van der Waals surface area contributed by atoms with Gasteiger partial charge in [-0.15, -0.1) is 0 Å². The van der Waals surface area contributed by atoms with E-state index in [1.807, 2.05) is 11.0 Å². The number of hydrogen-bond acceptors (Lipinski definition) is 6. The Morgan fingerprint density at radius 2 is 1.67 bits per heavy atom. The van der Waals surface area contributed by atoms with E-state index in [1.165, 1.54) is 30.5 Å². The third-order valence-corrected chi connectivity index (χ3v) is 5.46. The quantitative estimate of drug-likeness (QED) is 0.425. The first-order valence-electron chi connectivity index (χ1n) is 9.01. The minimum absolute atomic E-state index is 0.0934. The van der Waals surface area contributed by atoms with Gasteiger partial charge in [0.05, 0.1) is 4.90 Å². The Kier molecular flexibility index (Phi) is 6.34. The number of anilines is 2. The van der Waals surface area contributed by atoms with Crippen molar-refractivity contribution in [1.82, 2.24) is 4.90 Å². The first-order chi connectivity index (χ1) is 14.3. The van der Waals surface area contributed by atoms with Gasteiger partial charge in [0, 0.05) is 43.8 Å². The molecule has 3 rings (SSSR count). The summed E-state index contributed by atoms with van der Waals surface area (Å²) in [6.45, 7) is 2.47. The Morgan fingerprint density at radius 1 is 1.07 bits per heavy atom. The fourth-order valence-electron chi connectivity index (χ4n) is 2.99. The highest BCUT2D eigenvalue weighted by Crippen LogP contribution is 2.18. The number of carbonyl (C=O) groups is 1. The Hall–Kier alpha value is -3.42. The van der Waals surface area contributed by atoms with Crippen molar-refractivity contribution >= 4 is 27.4 Å². The minimum atomic E-state index is -4.32. The molecule has 1 aliphatic rings. The summed E-state index contributed by atoms with van der Waals surface area (Å²) in [5.41, 5.74) is 1.10. The lowest BCUT2D eigenvalue weighted by molar-refractivity contribution is -0.112. The van der Waals surface area contributed by atoms with Gasteiger partial charge in [-0.25, -0.2) is 4.39 Å². The number of hydrogen-bond donors (Lipinski definition) is 2. The Bertz CT molecular complexity index is 1090. The van der Waals surface area contributed by atoms with Gasteiger partial charge in [0.1, 0.15) is 17.5 Å². The number of halogens is 1. The van der Waals surface area contributed by atoms with E-state index < -0.39 is 16.0 Å². The highest BCUT2D eigenvalue weighted by atomic mass is 32.2. The van der Waals surface area contributed by atoms with Crippen molar-refractivity contribution < 1.29 is 22.2 Å². The number of benzene rings is 2. The van der Waals surface area contributed by atoms with E-state index in [4.69, 9.17) is 4.55 Å². The molecule has 0 aliphatic carbocycles. The summed E-state index contributed by atoms with van der Waals surface area (Å²) >= 11 is 0. The van der Waals surface area contributed by atoms with Crippen LogP contribution < -0.4 is 10.2 Å². The van der Waals surface area contributed by atoms with Crippen LogP contribution in [0.1, 0.15) is 0 Å². The van der Waals surface area contributed by atoms with Crippen molar-refractivity contribution in [3.8, 4) is 6.07 Å². The molecule has 8 nitrogen and oxygen atoms in total. The lowest BCUT2D eigenvalue weighted by atomic mass is 10.2. The van der Waals surface area contributed by atoms with Gasteiger partial charge in [-0.3, -0.25) is 9.35 Å². The van der Waals surface area contributed by atoms with Crippen LogP contribution in [0.4, 0.5) is 15.8 Å². The monoisotopic (exact) mass is 430 g/mol. The van der Waals surface area contributed by atoms with Crippen LogP contribution in [0, 0.1) is 17.1 Å². The highest BCUT2D eigenvalue weighted by Gasteiger charge is 2.18. The van der Waals surface area contributed by atoms with Gasteiger partial charge in [-0.2, -0.15) is 13.7 Å². The molecule has 1 amide bonds. The summed E-state index contributed by atoms with van der Waals surface area (Å²) in [6.07, 6.45) is 1.49. The lowest BCUT2D eigenvalue weighted by Gasteiger charge is -2.35. The molecule has 30 heavy (non-hydrogen) atoms. The zero-order valence-electron chi connectivity index (χ0n) is 15.8. The van der Waals surface area contributed by atoms with Gasteiger partial charge in [-0.05, 0) is 48.5 Å².